The molecule has 0 heterocycles. The van der Waals surface area contributed by atoms with Crippen molar-refractivity contribution in [2.24, 2.45) is 0 Å². The van der Waals surface area contributed by atoms with Crippen molar-refractivity contribution >= 4 is 12.2 Å². The Morgan fingerprint density at radius 3 is 2.37 bits per heavy atom. The van der Waals surface area contributed by atoms with E-state index in [1.807, 2.05) is 0 Å². The summed E-state index contributed by atoms with van der Waals surface area (Å²) in [6.45, 7) is 7.38. The standard InChI is InChI=1S/C12H20N2O5/c1-3-9-18-11(16)13-5-6-14(7-8-15)12(17)19-10-4-2/h3-4,15H,1-2,5-10H2,(H,13,16). The summed E-state index contributed by atoms with van der Waals surface area (Å²) in [4.78, 5) is 23.9. The van der Waals surface area contributed by atoms with Crippen LogP contribution in [-0.2, 0) is 9.47 Å². The van der Waals surface area contributed by atoms with Gasteiger partial charge in [0.05, 0.1) is 6.61 Å². The number of carbonyl (C=O) groups excluding carboxylic acids is 2. The molecule has 0 spiro atoms. The number of rotatable bonds is 9. The van der Waals surface area contributed by atoms with Gasteiger partial charge in [-0.25, -0.2) is 9.59 Å². The first kappa shape index (κ1) is 17.0. The van der Waals surface area contributed by atoms with Crippen molar-refractivity contribution in [3.05, 3.63) is 25.3 Å². The molecular weight excluding hydrogens is 252 g/mol. The molecule has 0 aliphatic heterocycles. The third-order valence-corrected chi connectivity index (χ3v) is 1.94. The van der Waals surface area contributed by atoms with Gasteiger partial charge in [0.25, 0.3) is 0 Å². The maximum Gasteiger partial charge on any atom is 0.410 e. The number of hydrogen-bond acceptors (Lipinski definition) is 5. The normalized spacial score (nSPS) is 9.32. The lowest BCUT2D eigenvalue weighted by atomic mass is 10.5. The zero-order valence-corrected chi connectivity index (χ0v) is 10.8. The van der Waals surface area contributed by atoms with Crippen molar-refractivity contribution in [3.8, 4) is 0 Å². The lowest BCUT2D eigenvalue weighted by Gasteiger charge is -2.20. The second-order valence-corrected chi connectivity index (χ2v) is 3.39. The first-order valence-corrected chi connectivity index (χ1v) is 5.80. The first-order chi connectivity index (χ1) is 9.15. The van der Waals surface area contributed by atoms with Crippen LogP contribution in [0.25, 0.3) is 0 Å². The van der Waals surface area contributed by atoms with Crippen LogP contribution in [0.1, 0.15) is 0 Å². The molecule has 7 heteroatoms. The van der Waals surface area contributed by atoms with Gasteiger partial charge in [-0.05, 0) is 0 Å². The molecule has 7 nitrogen and oxygen atoms in total. The van der Waals surface area contributed by atoms with Crippen molar-refractivity contribution in [1.29, 1.82) is 0 Å². The van der Waals surface area contributed by atoms with Crippen LogP contribution in [0.5, 0.6) is 0 Å². The summed E-state index contributed by atoms with van der Waals surface area (Å²) in [5, 5.41) is 11.3. The highest BCUT2D eigenvalue weighted by Gasteiger charge is 2.14. The molecule has 0 fully saturated rings. The zero-order valence-electron chi connectivity index (χ0n) is 10.8. The number of aliphatic hydroxyl groups excluding tert-OH is 1. The zero-order chi connectivity index (χ0) is 14.5. The fraction of sp³-hybridized carbons (Fsp3) is 0.500. The van der Waals surface area contributed by atoms with Gasteiger partial charge in [-0.1, -0.05) is 25.3 Å². The molecule has 0 aliphatic carbocycles. The van der Waals surface area contributed by atoms with E-state index in [1.165, 1.54) is 17.1 Å². The maximum atomic E-state index is 11.5. The number of hydrogen-bond donors (Lipinski definition) is 2. The van der Waals surface area contributed by atoms with E-state index in [4.69, 9.17) is 14.6 Å². The van der Waals surface area contributed by atoms with E-state index in [9.17, 15) is 9.59 Å². The number of amides is 2. The molecule has 0 saturated carbocycles. The van der Waals surface area contributed by atoms with E-state index < -0.39 is 12.2 Å². The summed E-state index contributed by atoms with van der Waals surface area (Å²) in [5.74, 6) is 0. The van der Waals surface area contributed by atoms with Crippen LogP contribution in [0, 0.1) is 0 Å². The van der Waals surface area contributed by atoms with Gasteiger partial charge in [0.2, 0.25) is 0 Å². The second-order valence-electron chi connectivity index (χ2n) is 3.39. The van der Waals surface area contributed by atoms with Crippen molar-refractivity contribution < 1.29 is 24.2 Å². The van der Waals surface area contributed by atoms with Crippen LogP contribution in [0.4, 0.5) is 9.59 Å². The van der Waals surface area contributed by atoms with Crippen LogP contribution < -0.4 is 5.32 Å². The Kier molecular flexibility index (Phi) is 9.91. The van der Waals surface area contributed by atoms with Gasteiger partial charge in [-0.15, -0.1) is 0 Å². The highest BCUT2D eigenvalue weighted by Crippen LogP contribution is 1.93. The quantitative estimate of drug-likeness (QED) is 0.597. The van der Waals surface area contributed by atoms with Crippen LogP contribution in [0.2, 0.25) is 0 Å². The molecule has 2 amide bonds. The molecule has 0 bridgehead atoms. The highest BCUT2D eigenvalue weighted by molar-refractivity contribution is 5.68. The van der Waals surface area contributed by atoms with Gasteiger partial charge in [0, 0.05) is 19.6 Å². The lowest BCUT2D eigenvalue weighted by Crippen LogP contribution is -2.40. The molecule has 19 heavy (non-hydrogen) atoms. The van der Waals surface area contributed by atoms with E-state index >= 15 is 0 Å². The summed E-state index contributed by atoms with van der Waals surface area (Å²) in [6, 6.07) is 0. The molecule has 0 aromatic heterocycles. The van der Waals surface area contributed by atoms with Gasteiger partial charge >= 0.3 is 12.2 Å². The average Bonchev–Trinajstić information content (AvgIpc) is 2.41. The van der Waals surface area contributed by atoms with Crippen molar-refractivity contribution in [2.75, 3.05) is 39.5 Å². The Bertz CT molecular complexity index is 306. The molecule has 0 aromatic carbocycles. The maximum absolute atomic E-state index is 11.5. The number of carbonyl (C=O) groups is 2. The number of nitrogens with one attached hydrogen (secondary N) is 1. The number of nitrogens with zero attached hydrogens (tertiary/aromatic N) is 1. The molecule has 0 radical (unpaired) electrons. The van der Waals surface area contributed by atoms with E-state index in [1.54, 1.807) is 0 Å². The molecule has 0 rings (SSSR count). The van der Waals surface area contributed by atoms with Gasteiger partial charge in [-0.2, -0.15) is 0 Å². The number of alkyl carbamates (subject to hydrolysis) is 1. The lowest BCUT2D eigenvalue weighted by molar-refractivity contribution is 0.102. The number of aliphatic hydroxyl groups is 1. The van der Waals surface area contributed by atoms with Crippen LogP contribution in [0.15, 0.2) is 25.3 Å². The summed E-state index contributed by atoms with van der Waals surface area (Å²) >= 11 is 0. The Balaban J connectivity index is 3.99. The summed E-state index contributed by atoms with van der Waals surface area (Å²) in [7, 11) is 0. The largest absolute Gasteiger partial charge is 0.445 e. The van der Waals surface area contributed by atoms with Gasteiger partial charge in [0.15, 0.2) is 0 Å². The van der Waals surface area contributed by atoms with Gasteiger partial charge in [-0.3, -0.25) is 0 Å². The third-order valence-electron chi connectivity index (χ3n) is 1.94. The molecule has 0 saturated heterocycles. The minimum atomic E-state index is -0.594. The monoisotopic (exact) mass is 272 g/mol. The molecule has 0 aliphatic rings. The molecule has 0 atom stereocenters. The van der Waals surface area contributed by atoms with Crippen molar-refractivity contribution in [2.45, 2.75) is 0 Å². The second kappa shape index (κ2) is 11.1. The summed E-state index contributed by atoms with van der Waals surface area (Å²) < 4.78 is 9.52. The van der Waals surface area contributed by atoms with Gasteiger partial charge < -0.3 is 24.8 Å². The Labute approximate surface area is 112 Å². The van der Waals surface area contributed by atoms with Gasteiger partial charge in [0.1, 0.15) is 13.2 Å². The summed E-state index contributed by atoms with van der Waals surface area (Å²) in [6.07, 6.45) is 1.73. The predicted molar refractivity (Wildman–Crippen MR) is 69.8 cm³/mol. The molecule has 2 N–H and O–H groups in total. The highest BCUT2D eigenvalue weighted by atomic mass is 16.6. The summed E-state index contributed by atoms with van der Waals surface area (Å²) in [5.41, 5.74) is 0. The van der Waals surface area contributed by atoms with E-state index in [2.05, 4.69) is 18.5 Å². The SMILES string of the molecule is C=CCOC(=O)NCCN(CCO)C(=O)OCC=C. The topological polar surface area (TPSA) is 88.1 Å². The Morgan fingerprint density at radius 2 is 1.79 bits per heavy atom. The van der Waals surface area contributed by atoms with Crippen molar-refractivity contribution in [3.63, 3.8) is 0 Å². The third kappa shape index (κ3) is 8.67. The van der Waals surface area contributed by atoms with Crippen LogP contribution >= 0.6 is 0 Å². The fourth-order valence-corrected chi connectivity index (χ4v) is 1.12. The molecule has 108 valence electrons. The van der Waals surface area contributed by atoms with E-state index in [0.29, 0.717) is 0 Å². The van der Waals surface area contributed by atoms with Crippen LogP contribution in [0.3, 0.4) is 0 Å². The minimum Gasteiger partial charge on any atom is -0.445 e. The van der Waals surface area contributed by atoms with E-state index in [0.717, 1.165) is 0 Å². The Morgan fingerprint density at radius 1 is 1.16 bits per heavy atom. The molecule has 0 aromatic rings. The number of ether oxygens (including phenoxy) is 2. The first-order valence-electron chi connectivity index (χ1n) is 5.80. The predicted octanol–water partition coefficient (Wildman–Crippen LogP) is 0.516. The smallest absolute Gasteiger partial charge is 0.410 e. The average molecular weight is 272 g/mol. The van der Waals surface area contributed by atoms with Crippen molar-refractivity contribution in [1.82, 2.24) is 10.2 Å². The Hall–Kier alpha value is -2.02. The fourth-order valence-electron chi connectivity index (χ4n) is 1.12. The van der Waals surface area contributed by atoms with E-state index in [-0.39, 0.29) is 39.5 Å². The molecular formula is C12H20N2O5. The van der Waals surface area contributed by atoms with Crippen LogP contribution in [-0.4, -0.2) is 61.6 Å². The minimum absolute atomic E-state index is 0.0928. The molecule has 0 unspecified atom stereocenters.